The summed E-state index contributed by atoms with van der Waals surface area (Å²) in [5.41, 5.74) is 9.20. The maximum atomic E-state index is 5.84. The third kappa shape index (κ3) is 4.99. The van der Waals surface area contributed by atoms with Gasteiger partial charge in [-0.2, -0.15) is 15.0 Å². The molecule has 3 rings (SSSR count). The van der Waals surface area contributed by atoms with Gasteiger partial charge in [-0.1, -0.05) is 48.0 Å². The number of hydrogen-bond acceptors (Lipinski definition) is 6. The number of aromatic nitrogens is 3. The van der Waals surface area contributed by atoms with Crippen molar-refractivity contribution in [3.8, 4) is 0 Å². The van der Waals surface area contributed by atoms with Crippen molar-refractivity contribution in [2.75, 3.05) is 18.1 Å². The Hall–Kier alpha value is -2.99. The average molecular weight is 334 g/mol. The summed E-state index contributed by atoms with van der Waals surface area (Å²) in [6, 6.07) is 18.3. The second kappa shape index (κ2) is 7.72. The number of aryl methyl sites for hydroxylation is 1. The van der Waals surface area contributed by atoms with E-state index in [1.807, 2.05) is 56.4 Å². The van der Waals surface area contributed by atoms with Crippen molar-refractivity contribution in [1.82, 2.24) is 19.9 Å². The molecule has 0 aliphatic carbocycles. The summed E-state index contributed by atoms with van der Waals surface area (Å²) in [7, 11) is 2.03. The van der Waals surface area contributed by atoms with E-state index < -0.39 is 0 Å². The van der Waals surface area contributed by atoms with Gasteiger partial charge in [-0.25, -0.2) is 0 Å². The molecule has 3 aromatic rings. The number of benzene rings is 2. The smallest absolute Gasteiger partial charge is 0.232 e. The lowest BCUT2D eigenvalue weighted by molar-refractivity contribution is 0.310. The number of nitrogens with zero attached hydrogens (tertiary/aromatic N) is 4. The van der Waals surface area contributed by atoms with Crippen LogP contribution in [0.4, 0.5) is 17.6 Å². The molecule has 0 saturated carbocycles. The van der Waals surface area contributed by atoms with Gasteiger partial charge in [0.15, 0.2) is 0 Å². The highest BCUT2D eigenvalue weighted by atomic mass is 15.2. The maximum Gasteiger partial charge on any atom is 0.232 e. The monoisotopic (exact) mass is 334 g/mol. The van der Waals surface area contributed by atoms with Crippen LogP contribution in [0.25, 0.3) is 0 Å². The van der Waals surface area contributed by atoms with E-state index in [2.05, 4.69) is 37.3 Å². The predicted octanol–water partition coefficient (Wildman–Crippen LogP) is 3.14. The molecule has 0 aliphatic heterocycles. The molecule has 0 radical (unpaired) electrons. The highest BCUT2D eigenvalue weighted by Crippen LogP contribution is 2.15. The summed E-state index contributed by atoms with van der Waals surface area (Å²) < 4.78 is 0. The fraction of sp³-hybridized carbons (Fsp3) is 0.211. The molecule has 0 bridgehead atoms. The van der Waals surface area contributed by atoms with Crippen molar-refractivity contribution in [2.45, 2.75) is 20.0 Å². The Labute approximate surface area is 147 Å². The van der Waals surface area contributed by atoms with Crippen LogP contribution in [0.3, 0.4) is 0 Å². The van der Waals surface area contributed by atoms with Gasteiger partial charge in [0.25, 0.3) is 0 Å². The van der Waals surface area contributed by atoms with Gasteiger partial charge in [0.05, 0.1) is 6.54 Å². The van der Waals surface area contributed by atoms with Gasteiger partial charge in [0, 0.05) is 12.2 Å². The summed E-state index contributed by atoms with van der Waals surface area (Å²) in [4.78, 5) is 15.0. The molecule has 0 spiro atoms. The van der Waals surface area contributed by atoms with Crippen LogP contribution in [0, 0.1) is 6.92 Å². The molecule has 1 heterocycles. The van der Waals surface area contributed by atoms with Gasteiger partial charge in [0.1, 0.15) is 5.82 Å². The highest BCUT2D eigenvalue weighted by Gasteiger charge is 2.08. The maximum absolute atomic E-state index is 5.84. The van der Waals surface area contributed by atoms with Gasteiger partial charge in [-0.3, -0.25) is 4.90 Å². The SMILES string of the molecule is Cc1ccc(Nc2nc(N)nc(CN(C)Cc3ccccc3)n2)cc1. The van der Waals surface area contributed by atoms with Crippen LogP contribution in [0.5, 0.6) is 0 Å². The zero-order chi connectivity index (χ0) is 17.6. The van der Waals surface area contributed by atoms with Crippen LogP contribution >= 0.6 is 0 Å². The molecule has 25 heavy (non-hydrogen) atoms. The Morgan fingerprint density at radius 3 is 2.36 bits per heavy atom. The molecule has 0 amide bonds. The van der Waals surface area contributed by atoms with E-state index in [1.165, 1.54) is 11.1 Å². The lowest BCUT2D eigenvalue weighted by Crippen LogP contribution is -2.20. The minimum atomic E-state index is 0.215. The Kier molecular flexibility index (Phi) is 5.20. The Morgan fingerprint density at radius 2 is 1.64 bits per heavy atom. The van der Waals surface area contributed by atoms with E-state index in [1.54, 1.807) is 0 Å². The van der Waals surface area contributed by atoms with Crippen molar-refractivity contribution in [3.63, 3.8) is 0 Å². The molecule has 1 aromatic heterocycles. The summed E-state index contributed by atoms with van der Waals surface area (Å²) in [5.74, 6) is 1.31. The van der Waals surface area contributed by atoms with Crippen molar-refractivity contribution in [2.24, 2.45) is 0 Å². The summed E-state index contributed by atoms with van der Waals surface area (Å²) >= 11 is 0. The van der Waals surface area contributed by atoms with Crippen LogP contribution in [-0.2, 0) is 13.1 Å². The molecular weight excluding hydrogens is 312 g/mol. The first-order valence-corrected chi connectivity index (χ1v) is 8.15. The number of anilines is 3. The first-order valence-electron chi connectivity index (χ1n) is 8.15. The van der Waals surface area contributed by atoms with E-state index >= 15 is 0 Å². The van der Waals surface area contributed by atoms with Gasteiger partial charge >= 0.3 is 0 Å². The molecule has 0 unspecified atom stereocenters. The van der Waals surface area contributed by atoms with Crippen LogP contribution in [0.15, 0.2) is 54.6 Å². The first kappa shape index (κ1) is 16.9. The van der Waals surface area contributed by atoms with Crippen LogP contribution in [0.2, 0.25) is 0 Å². The fourth-order valence-corrected chi connectivity index (χ4v) is 2.52. The zero-order valence-electron chi connectivity index (χ0n) is 14.5. The largest absolute Gasteiger partial charge is 0.368 e. The molecule has 128 valence electrons. The third-order valence-electron chi connectivity index (χ3n) is 3.71. The summed E-state index contributed by atoms with van der Waals surface area (Å²) in [5, 5.41) is 3.17. The molecule has 0 saturated heterocycles. The number of hydrogen-bond donors (Lipinski definition) is 2. The van der Waals surface area contributed by atoms with Crippen LogP contribution in [-0.4, -0.2) is 26.9 Å². The van der Waals surface area contributed by atoms with Gasteiger partial charge in [-0.05, 0) is 31.7 Å². The quantitative estimate of drug-likeness (QED) is 0.721. The van der Waals surface area contributed by atoms with E-state index in [9.17, 15) is 0 Å². The molecule has 6 nitrogen and oxygen atoms in total. The molecule has 2 aromatic carbocycles. The summed E-state index contributed by atoms with van der Waals surface area (Å²) in [6.45, 7) is 3.45. The molecule has 0 fully saturated rings. The minimum absolute atomic E-state index is 0.215. The van der Waals surface area contributed by atoms with E-state index in [-0.39, 0.29) is 5.95 Å². The van der Waals surface area contributed by atoms with Crippen molar-refractivity contribution >= 4 is 17.6 Å². The normalized spacial score (nSPS) is 10.8. The predicted molar refractivity (Wildman–Crippen MR) is 100 cm³/mol. The molecule has 6 heteroatoms. The zero-order valence-corrected chi connectivity index (χ0v) is 14.5. The van der Waals surface area contributed by atoms with Crippen molar-refractivity contribution in [1.29, 1.82) is 0 Å². The molecule has 3 N–H and O–H groups in total. The van der Waals surface area contributed by atoms with Crippen LogP contribution < -0.4 is 11.1 Å². The van der Waals surface area contributed by atoms with E-state index in [0.29, 0.717) is 18.3 Å². The highest BCUT2D eigenvalue weighted by molar-refractivity contribution is 5.54. The number of rotatable bonds is 6. The number of nitrogens with two attached hydrogens (primary N) is 1. The van der Waals surface area contributed by atoms with Crippen LogP contribution in [0.1, 0.15) is 17.0 Å². The molecular formula is C19H22N6. The summed E-state index contributed by atoms with van der Waals surface area (Å²) in [6.07, 6.45) is 0. The van der Waals surface area contributed by atoms with E-state index in [4.69, 9.17) is 5.73 Å². The molecule has 0 atom stereocenters. The second-order valence-corrected chi connectivity index (χ2v) is 6.08. The second-order valence-electron chi connectivity index (χ2n) is 6.08. The average Bonchev–Trinajstić information content (AvgIpc) is 2.57. The lowest BCUT2D eigenvalue weighted by atomic mass is 10.2. The minimum Gasteiger partial charge on any atom is -0.368 e. The van der Waals surface area contributed by atoms with Crippen molar-refractivity contribution in [3.05, 3.63) is 71.5 Å². The number of nitrogen functional groups attached to an aromatic ring is 1. The molecule has 0 aliphatic rings. The van der Waals surface area contributed by atoms with Gasteiger partial charge in [-0.15, -0.1) is 0 Å². The standard InChI is InChI=1S/C19H22N6/c1-14-8-10-16(11-9-14)21-19-23-17(22-18(20)24-19)13-25(2)12-15-6-4-3-5-7-15/h3-11H,12-13H2,1-2H3,(H3,20,21,22,23,24). The fourth-order valence-electron chi connectivity index (χ4n) is 2.52. The number of nitrogens with one attached hydrogen (secondary N) is 1. The topological polar surface area (TPSA) is 80.0 Å². The third-order valence-corrected chi connectivity index (χ3v) is 3.71. The Balaban J connectivity index is 1.69. The van der Waals surface area contributed by atoms with Crippen molar-refractivity contribution < 1.29 is 0 Å². The Morgan fingerprint density at radius 1 is 0.920 bits per heavy atom. The van der Waals surface area contributed by atoms with E-state index in [0.717, 1.165) is 12.2 Å². The van der Waals surface area contributed by atoms with Gasteiger partial charge < -0.3 is 11.1 Å². The lowest BCUT2D eigenvalue weighted by Gasteiger charge is -2.16. The van der Waals surface area contributed by atoms with Gasteiger partial charge in [0.2, 0.25) is 11.9 Å². The first-order chi connectivity index (χ1) is 12.1. The Bertz CT molecular complexity index is 817.